The normalized spacial score (nSPS) is 15.1. The van der Waals surface area contributed by atoms with Crippen molar-refractivity contribution < 1.29 is 4.57 Å². The zero-order valence-electron chi connectivity index (χ0n) is 36.6. The fourth-order valence-electron chi connectivity index (χ4n) is 11.0. The van der Waals surface area contributed by atoms with Gasteiger partial charge in [0.1, 0.15) is 0 Å². The average molecular weight is 924 g/mol. The third-order valence-electron chi connectivity index (χ3n) is 13.8. The third kappa shape index (κ3) is 5.90. The monoisotopic (exact) mass is 923 g/mol. The van der Waals surface area contributed by atoms with Crippen LogP contribution in [0.3, 0.4) is 0 Å². The SMILES string of the molecule is O=P1(c2ccccc2)c2ccccc2-c2c(c3ccncc3c3cnccc23)-c2ccccc21.S=P1(c2ccccc2)c2ccccc2-c2c(c3ccncc3c3ccccc23)-c2ccccc21. The predicted molar refractivity (Wildman–Crippen MR) is 291 cm³/mol. The quantitative estimate of drug-likeness (QED) is 0.128. The van der Waals surface area contributed by atoms with E-state index in [9.17, 15) is 0 Å². The van der Waals surface area contributed by atoms with E-state index in [4.69, 9.17) is 11.8 Å². The maximum absolute atomic E-state index is 15.4. The molecule has 0 N–H and O–H groups in total. The minimum absolute atomic E-state index is 0.847. The van der Waals surface area contributed by atoms with Gasteiger partial charge in [-0.1, -0.05) is 194 Å². The van der Waals surface area contributed by atoms with E-state index < -0.39 is 13.2 Å². The standard InChI is InChI=1S/C31H20NPS.C30H19N2OP/c34-33(21-10-2-1-3-11-21)28-16-8-6-14-25(28)30-23-13-5-4-12-22(23)27-20-32-19-18-24(27)31(30)26-15-7-9-17-29(26)33;33-34(20-8-2-1-3-9-20)27-12-6-4-10-23(27)29-21-14-16-31-18-25(21)26-19-32-17-15-22(26)30(29)24-11-5-7-13-28(24)34/h1-20H;1-19H. The van der Waals surface area contributed by atoms with Gasteiger partial charge in [-0.05, 0) is 94.9 Å². The van der Waals surface area contributed by atoms with Crippen molar-refractivity contribution in [3.8, 4) is 44.5 Å². The lowest BCUT2D eigenvalue weighted by Gasteiger charge is -2.26. The Kier molecular flexibility index (Phi) is 9.56. The number of pyridine rings is 3. The van der Waals surface area contributed by atoms with Crippen LogP contribution in [0.25, 0.3) is 87.6 Å². The highest BCUT2D eigenvalue weighted by Crippen LogP contribution is 2.56. The lowest BCUT2D eigenvalue weighted by molar-refractivity contribution is 0.592. The molecule has 0 saturated carbocycles. The number of rotatable bonds is 2. The van der Waals surface area contributed by atoms with Crippen molar-refractivity contribution in [2.45, 2.75) is 0 Å². The van der Waals surface area contributed by atoms with Crippen molar-refractivity contribution in [2.24, 2.45) is 0 Å². The van der Waals surface area contributed by atoms with Gasteiger partial charge in [0, 0.05) is 85.9 Å². The highest BCUT2D eigenvalue weighted by Gasteiger charge is 2.39. The lowest BCUT2D eigenvalue weighted by Crippen LogP contribution is -2.26. The van der Waals surface area contributed by atoms with Crippen LogP contribution in [-0.4, -0.2) is 15.0 Å². The van der Waals surface area contributed by atoms with E-state index in [2.05, 4.69) is 148 Å². The topological polar surface area (TPSA) is 55.7 Å². The third-order valence-corrected chi connectivity index (χ3v) is 22.0. The van der Waals surface area contributed by atoms with Crippen LogP contribution in [0.4, 0.5) is 0 Å². The number of aromatic nitrogens is 3. The molecule has 320 valence electrons. The van der Waals surface area contributed by atoms with Crippen LogP contribution in [-0.2, 0) is 16.4 Å². The van der Waals surface area contributed by atoms with Crippen molar-refractivity contribution in [3.05, 3.63) is 237 Å². The summed E-state index contributed by atoms with van der Waals surface area (Å²) < 4.78 is 15.4. The molecule has 0 saturated heterocycles. The fraction of sp³-hybridized carbons (Fsp3) is 0. The van der Waals surface area contributed by atoms with Gasteiger partial charge in [-0.15, -0.1) is 0 Å². The molecule has 0 bridgehead atoms. The van der Waals surface area contributed by atoms with Crippen molar-refractivity contribution in [3.63, 3.8) is 0 Å². The first-order chi connectivity index (χ1) is 33.6. The second-order valence-electron chi connectivity index (χ2n) is 17.3. The number of hydrogen-bond donors (Lipinski definition) is 0. The summed E-state index contributed by atoms with van der Waals surface area (Å²) in [6.07, 6.45) is 11.4. The van der Waals surface area contributed by atoms with Gasteiger partial charge in [-0.2, -0.15) is 0 Å². The molecule has 0 spiro atoms. The Hall–Kier alpha value is -7.65. The maximum atomic E-state index is 15.4. The molecule has 0 aliphatic carbocycles. The predicted octanol–water partition coefficient (Wildman–Crippen LogP) is 12.9. The molecule has 1 unspecified atom stereocenters. The summed E-state index contributed by atoms with van der Waals surface area (Å²) in [5, 5.41) is 15.5. The van der Waals surface area contributed by atoms with Crippen molar-refractivity contribution in [1.29, 1.82) is 0 Å². The van der Waals surface area contributed by atoms with Gasteiger partial charge in [-0.3, -0.25) is 15.0 Å². The van der Waals surface area contributed by atoms with Crippen LogP contribution in [0.5, 0.6) is 0 Å². The Bertz CT molecular complexity index is 3630. The van der Waals surface area contributed by atoms with Gasteiger partial charge in [0.2, 0.25) is 0 Å². The Morgan fingerprint density at radius 3 is 1.04 bits per heavy atom. The Morgan fingerprint density at radius 1 is 0.294 bits per heavy atom. The molecule has 1 atom stereocenters. The number of benzene rings is 9. The molecule has 0 amide bonds. The van der Waals surface area contributed by atoms with E-state index in [0.29, 0.717) is 0 Å². The number of fused-ring (bicyclic) bond motifs is 20. The summed E-state index contributed by atoms with van der Waals surface area (Å²) >= 11 is 6.81. The summed E-state index contributed by atoms with van der Waals surface area (Å²) in [6.45, 7) is 0. The molecule has 3 aromatic heterocycles. The van der Waals surface area contributed by atoms with Crippen LogP contribution in [0.2, 0.25) is 0 Å². The molecule has 4 nitrogen and oxygen atoms in total. The van der Waals surface area contributed by atoms with E-state index in [1.54, 1.807) is 0 Å². The summed E-state index contributed by atoms with van der Waals surface area (Å²) in [4.78, 5) is 13.4. The molecular formula is C61H39N3OP2S. The summed E-state index contributed by atoms with van der Waals surface area (Å²) in [5.41, 5.74) is 9.26. The highest BCUT2D eigenvalue weighted by molar-refractivity contribution is 8.25. The number of nitrogens with zero attached hydrogens (tertiary/aromatic N) is 3. The zero-order valence-corrected chi connectivity index (χ0v) is 39.2. The van der Waals surface area contributed by atoms with Gasteiger partial charge in [0.15, 0.2) is 7.14 Å². The molecular weight excluding hydrogens is 885 g/mol. The van der Waals surface area contributed by atoms with Gasteiger partial charge >= 0.3 is 0 Å². The first kappa shape index (κ1) is 40.6. The lowest BCUT2D eigenvalue weighted by atomic mass is 9.86. The van der Waals surface area contributed by atoms with E-state index in [1.807, 2.05) is 104 Å². The van der Waals surface area contributed by atoms with Crippen LogP contribution in [0.15, 0.2) is 237 Å². The molecule has 68 heavy (non-hydrogen) atoms. The maximum Gasteiger partial charge on any atom is 0.172 e. The Labute approximate surface area is 399 Å². The largest absolute Gasteiger partial charge is 0.309 e. The molecule has 5 heterocycles. The highest BCUT2D eigenvalue weighted by atomic mass is 32.4. The summed E-state index contributed by atoms with van der Waals surface area (Å²) in [7, 11) is -3.16. The molecule has 2 aliphatic rings. The molecule has 14 rings (SSSR count). The molecule has 2 aliphatic heterocycles. The van der Waals surface area contributed by atoms with Gasteiger partial charge in [-0.25, -0.2) is 0 Å². The molecule has 0 fully saturated rings. The van der Waals surface area contributed by atoms with Crippen LogP contribution >= 0.6 is 13.2 Å². The average Bonchev–Trinajstić information content (AvgIpc) is 3.59. The zero-order chi connectivity index (χ0) is 45.4. The molecule has 0 radical (unpaired) electrons. The van der Waals surface area contributed by atoms with Crippen LogP contribution in [0.1, 0.15) is 0 Å². The minimum atomic E-state index is -3.16. The van der Waals surface area contributed by atoms with Crippen molar-refractivity contribution in [2.75, 3.05) is 0 Å². The van der Waals surface area contributed by atoms with E-state index in [-0.39, 0.29) is 0 Å². The van der Waals surface area contributed by atoms with Gasteiger partial charge in [0.05, 0.1) is 0 Å². The van der Waals surface area contributed by atoms with Crippen LogP contribution < -0.4 is 31.8 Å². The first-order valence-corrected chi connectivity index (χ1v) is 27.2. The molecule has 12 aromatic rings. The molecule has 7 heteroatoms. The minimum Gasteiger partial charge on any atom is -0.309 e. The Morgan fingerprint density at radius 2 is 0.603 bits per heavy atom. The van der Waals surface area contributed by atoms with Crippen molar-refractivity contribution >= 4 is 99.9 Å². The number of hydrogen-bond acceptors (Lipinski definition) is 5. The van der Waals surface area contributed by atoms with Gasteiger partial charge in [0.25, 0.3) is 0 Å². The molecule has 9 aromatic carbocycles. The Balaban J connectivity index is 0.000000134. The van der Waals surface area contributed by atoms with Gasteiger partial charge < -0.3 is 4.57 Å². The van der Waals surface area contributed by atoms with E-state index >= 15 is 4.57 Å². The fourth-order valence-corrected chi connectivity index (χ4v) is 18.4. The van der Waals surface area contributed by atoms with Crippen molar-refractivity contribution in [1.82, 2.24) is 15.0 Å². The smallest absolute Gasteiger partial charge is 0.172 e. The second kappa shape index (κ2) is 16.0. The van der Waals surface area contributed by atoms with E-state index in [0.717, 1.165) is 59.7 Å². The second-order valence-corrected chi connectivity index (χ2v) is 24.3. The summed E-state index contributed by atoms with van der Waals surface area (Å²) in [5.74, 6) is 0. The first-order valence-electron chi connectivity index (χ1n) is 22.7. The summed E-state index contributed by atoms with van der Waals surface area (Å²) in [6, 6.07) is 67.4. The van der Waals surface area contributed by atoms with Crippen LogP contribution in [0, 0.1) is 0 Å². The van der Waals surface area contributed by atoms with E-state index in [1.165, 1.54) is 59.7 Å².